The summed E-state index contributed by atoms with van der Waals surface area (Å²) < 4.78 is 7.76. The van der Waals surface area contributed by atoms with Crippen LogP contribution in [-0.4, -0.2) is 53.4 Å². The van der Waals surface area contributed by atoms with E-state index in [1.807, 2.05) is 33.3 Å². The number of carbonyl (C=O) groups excluding carboxylic acids is 1. The SMILES string of the molecule is O=C(c1ccn(C2CCCNC2)n1)N1CCOC(c2cccs2)C1. The quantitative estimate of drug-likeness (QED) is 0.924. The Morgan fingerprint density at radius 3 is 3.17 bits per heavy atom. The molecule has 2 aliphatic heterocycles. The molecule has 2 aromatic rings. The van der Waals surface area contributed by atoms with E-state index in [0.29, 0.717) is 31.4 Å². The molecule has 0 bridgehead atoms. The molecule has 6 nitrogen and oxygen atoms in total. The first-order valence-corrected chi connectivity index (χ1v) is 9.39. The van der Waals surface area contributed by atoms with Crippen molar-refractivity contribution in [2.24, 2.45) is 0 Å². The molecule has 7 heteroatoms. The van der Waals surface area contributed by atoms with E-state index >= 15 is 0 Å². The molecular weight excluding hydrogens is 324 g/mol. The number of hydrogen-bond acceptors (Lipinski definition) is 5. The smallest absolute Gasteiger partial charge is 0.274 e. The summed E-state index contributed by atoms with van der Waals surface area (Å²) in [6, 6.07) is 6.27. The number of hydrogen-bond donors (Lipinski definition) is 1. The molecule has 1 amide bonds. The monoisotopic (exact) mass is 346 g/mol. The van der Waals surface area contributed by atoms with Crippen LogP contribution in [0.3, 0.4) is 0 Å². The van der Waals surface area contributed by atoms with Crippen molar-refractivity contribution in [2.45, 2.75) is 25.0 Å². The Morgan fingerprint density at radius 2 is 2.38 bits per heavy atom. The normalized spacial score (nSPS) is 24.9. The number of amides is 1. The average molecular weight is 346 g/mol. The molecule has 0 spiro atoms. The van der Waals surface area contributed by atoms with Crippen molar-refractivity contribution in [2.75, 3.05) is 32.8 Å². The lowest BCUT2D eigenvalue weighted by Gasteiger charge is -2.32. The van der Waals surface area contributed by atoms with E-state index in [0.717, 1.165) is 25.9 Å². The van der Waals surface area contributed by atoms with E-state index in [2.05, 4.69) is 16.5 Å². The van der Waals surface area contributed by atoms with E-state index in [4.69, 9.17) is 4.74 Å². The summed E-state index contributed by atoms with van der Waals surface area (Å²) in [6.45, 7) is 3.78. The van der Waals surface area contributed by atoms with Crippen LogP contribution in [0.2, 0.25) is 0 Å². The molecule has 2 aromatic heterocycles. The van der Waals surface area contributed by atoms with Crippen molar-refractivity contribution >= 4 is 17.2 Å². The summed E-state index contributed by atoms with van der Waals surface area (Å²) in [6.07, 6.45) is 4.18. The van der Waals surface area contributed by atoms with E-state index in [9.17, 15) is 4.79 Å². The Balaban J connectivity index is 1.44. The minimum absolute atomic E-state index is 0.00220. The van der Waals surface area contributed by atoms with Gasteiger partial charge in [-0.25, -0.2) is 0 Å². The van der Waals surface area contributed by atoms with Gasteiger partial charge in [0.1, 0.15) is 11.8 Å². The standard InChI is InChI=1S/C17H22N4O2S/c22-17(14-5-7-21(19-14)13-3-1-6-18-11-13)20-8-9-23-15(12-20)16-4-2-10-24-16/h2,4-5,7,10,13,15,18H,1,3,6,8-9,11-12H2. The van der Waals surface area contributed by atoms with Crippen LogP contribution in [0.25, 0.3) is 0 Å². The summed E-state index contributed by atoms with van der Waals surface area (Å²) >= 11 is 1.67. The number of ether oxygens (including phenoxy) is 1. The summed E-state index contributed by atoms with van der Waals surface area (Å²) in [4.78, 5) is 15.8. The third-order valence-electron chi connectivity index (χ3n) is 4.69. The maximum absolute atomic E-state index is 12.8. The predicted molar refractivity (Wildman–Crippen MR) is 92.3 cm³/mol. The minimum atomic E-state index is -0.0210. The second-order valence-electron chi connectivity index (χ2n) is 6.31. The molecule has 2 fully saturated rings. The fourth-order valence-electron chi connectivity index (χ4n) is 3.36. The van der Waals surface area contributed by atoms with Gasteiger partial charge in [-0.1, -0.05) is 6.07 Å². The molecule has 2 saturated heterocycles. The Kier molecular flexibility index (Phi) is 4.64. The van der Waals surface area contributed by atoms with Gasteiger partial charge in [-0.05, 0) is 36.9 Å². The topological polar surface area (TPSA) is 59.4 Å². The predicted octanol–water partition coefficient (Wildman–Crippen LogP) is 2.08. The highest BCUT2D eigenvalue weighted by Gasteiger charge is 2.28. The number of nitrogens with zero attached hydrogens (tertiary/aromatic N) is 3. The van der Waals surface area contributed by atoms with Gasteiger partial charge in [0.05, 0.1) is 19.2 Å². The maximum atomic E-state index is 12.8. The van der Waals surface area contributed by atoms with Crippen LogP contribution in [0.4, 0.5) is 0 Å². The molecule has 2 unspecified atom stereocenters. The van der Waals surface area contributed by atoms with E-state index in [-0.39, 0.29) is 12.0 Å². The van der Waals surface area contributed by atoms with Gasteiger partial charge < -0.3 is 15.0 Å². The molecular formula is C17H22N4O2S. The maximum Gasteiger partial charge on any atom is 0.274 e. The van der Waals surface area contributed by atoms with Gasteiger partial charge in [0, 0.05) is 24.2 Å². The molecule has 0 aliphatic carbocycles. The molecule has 0 radical (unpaired) electrons. The minimum Gasteiger partial charge on any atom is -0.369 e. The van der Waals surface area contributed by atoms with Gasteiger partial charge >= 0.3 is 0 Å². The summed E-state index contributed by atoms with van der Waals surface area (Å²) in [5, 5.41) is 9.97. The lowest BCUT2D eigenvalue weighted by molar-refractivity contribution is -0.0214. The van der Waals surface area contributed by atoms with Gasteiger partial charge in [0.2, 0.25) is 0 Å². The van der Waals surface area contributed by atoms with E-state index in [1.165, 1.54) is 4.88 Å². The summed E-state index contributed by atoms with van der Waals surface area (Å²) in [5.74, 6) is 0.00220. The zero-order valence-corrected chi connectivity index (χ0v) is 14.4. The van der Waals surface area contributed by atoms with Crippen LogP contribution in [0.15, 0.2) is 29.8 Å². The van der Waals surface area contributed by atoms with Crippen molar-refractivity contribution in [1.29, 1.82) is 0 Å². The van der Waals surface area contributed by atoms with Crippen molar-refractivity contribution in [3.8, 4) is 0 Å². The Labute approximate surface area is 145 Å². The second-order valence-corrected chi connectivity index (χ2v) is 7.29. The second kappa shape index (κ2) is 7.04. The number of carbonyl (C=O) groups is 1. The fourth-order valence-corrected chi connectivity index (χ4v) is 4.12. The Hall–Kier alpha value is -1.70. The number of aromatic nitrogens is 2. The lowest BCUT2D eigenvalue weighted by atomic mass is 10.1. The molecule has 4 heterocycles. The van der Waals surface area contributed by atoms with Crippen molar-refractivity contribution in [1.82, 2.24) is 20.0 Å². The van der Waals surface area contributed by atoms with E-state index in [1.54, 1.807) is 11.3 Å². The third-order valence-corrected chi connectivity index (χ3v) is 5.65. The highest BCUT2D eigenvalue weighted by Crippen LogP contribution is 2.26. The molecule has 2 aliphatic rings. The number of nitrogens with one attached hydrogen (secondary N) is 1. The molecule has 24 heavy (non-hydrogen) atoms. The number of rotatable bonds is 3. The first-order valence-electron chi connectivity index (χ1n) is 8.51. The lowest BCUT2D eigenvalue weighted by Crippen LogP contribution is -2.42. The van der Waals surface area contributed by atoms with E-state index < -0.39 is 0 Å². The van der Waals surface area contributed by atoms with Crippen molar-refractivity contribution in [3.05, 3.63) is 40.3 Å². The highest BCUT2D eigenvalue weighted by atomic mass is 32.1. The van der Waals surface area contributed by atoms with Crippen molar-refractivity contribution in [3.63, 3.8) is 0 Å². The van der Waals surface area contributed by atoms with Crippen LogP contribution < -0.4 is 5.32 Å². The molecule has 128 valence electrons. The first kappa shape index (κ1) is 15.8. The molecule has 0 saturated carbocycles. The number of morpholine rings is 1. The summed E-state index contributed by atoms with van der Waals surface area (Å²) in [5.41, 5.74) is 0.535. The largest absolute Gasteiger partial charge is 0.369 e. The van der Waals surface area contributed by atoms with Crippen LogP contribution in [0.1, 0.15) is 40.4 Å². The van der Waals surface area contributed by atoms with Crippen LogP contribution in [-0.2, 0) is 4.74 Å². The molecule has 0 aromatic carbocycles. The average Bonchev–Trinajstić information content (AvgIpc) is 3.34. The molecule has 2 atom stereocenters. The van der Waals surface area contributed by atoms with Crippen molar-refractivity contribution < 1.29 is 9.53 Å². The zero-order chi connectivity index (χ0) is 16.4. The molecule has 4 rings (SSSR count). The highest BCUT2D eigenvalue weighted by molar-refractivity contribution is 7.10. The fraction of sp³-hybridized carbons (Fsp3) is 0.529. The van der Waals surface area contributed by atoms with Crippen LogP contribution in [0.5, 0.6) is 0 Å². The van der Waals surface area contributed by atoms with Gasteiger partial charge in [-0.15, -0.1) is 11.3 Å². The number of piperidine rings is 1. The van der Waals surface area contributed by atoms with Gasteiger partial charge in [-0.2, -0.15) is 5.10 Å². The van der Waals surface area contributed by atoms with Crippen LogP contribution >= 0.6 is 11.3 Å². The molecule has 1 N–H and O–H groups in total. The Bertz CT molecular complexity index is 679. The van der Waals surface area contributed by atoms with Gasteiger partial charge in [0.25, 0.3) is 5.91 Å². The third kappa shape index (κ3) is 3.24. The first-order chi connectivity index (χ1) is 11.8. The van der Waals surface area contributed by atoms with Crippen LogP contribution in [0, 0.1) is 0 Å². The summed E-state index contributed by atoms with van der Waals surface area (Å²) in [7, 11) is 0. The van der Waals surface area contributed by atoms with Gasteiger partial charge in [0.15, 0.2) is 0 Å². The zero-order valence-electron chi connectivity index (χ0n) is 13.6. The Morgan fingerprint density at radius 1 is 1.42 bits per heavy atom. The van der Waals surface area contributed by atoms with Gasteiger partial charge in [-0.3, -0.25) is 9.48 Å². The number of thiophene rings is 1.